The summed E-state index contributed by atoms with van der Waals surface area (Å²) in [5.41, 5.74) is 11.8. The molecule has 1 atom stereocenters. The number of aryl methyl sites for hydroxylation is 1. The Morgan fingerprint density at radius 2 is 1.38 bits per heavy atom. The molecular weight excluding hydrogens is 751 g/mol. The maximum absolute atomic E-state index is 4.83. The minimum Gasteiger partial charge on any atom is -0.319 e. The largest absolute Gasteiger partial charge is 0.319 e. The fraction of sp³-hybridized carbons (Fsp3) is 0.256. The molecule has 1 aromatic heterocycles. The van der Waals surface area contributed by atoms with Crippen LogP contribution in [0.25, 0.3) is 28.2 Å². The summed E-state index contributed by atoms with van der Waals surface area (Å²) >= 11 is 0. The molecule has 1 heterocycles. The first-order chi connectivity index (χ1) is 22.1. The van der Waals surface area contributed by atoms with Gasteiger partial charge in [0.2, 0.25) is 0 Å². The van der Waals surface area contributed by atoms with Crippen LogP contribution in [-0.4, -0.2) is 14.8 Å². The predicted octanol–water partition coefficient (Wildman–Crippen LogP) is 10.4. The number of fused-ring (bicyclic) bond motifs is 3. The Bertz CT molecular complexity index is 2040. The normalized spacial score (nSPS) is 15.6. The molecule has 1 aliphatic carbocycles. The van der Waals surface area contributed by atoms with Crippen molar-refractivity contribution in [3.8, 4) is 28.2 Å². The van der Waals surface area contributed by atoms with E-state index in [9.17, 15) is 0 Å². The Hall–Kier alpha value is -4.11. The topological polar surface area (TPSA) is 30.7 Å². The van der Waals surface area contributed by atoms with Crippen molar-refractivity contribution >= 4 is 0 Å². The third-order valence-corrected chi connectivity index (χ3v) is 10.7. The average molecular weight is 793 g/mol. The number of rotatable bonds is 7. The number of benzene rings is 5. The molecule has 0 amide bonds. The fourth-order valence-corrected chi connectivity index (χ4v) is 7.24. The van der Waals surface area contributed by atoms with Gasteiger partial charge in [-0.25, -0.2) is 0 Å². The summed E-state index contributed by atoms with van der Waals surface area (Å²) in [5.74, 6) is 1.79. The molecule has 7 rings (SSSR count). The number of aromatic nitrogens is 3. The molecule has 0 spiro atoms. The molecule has 1 aliphatic rings. The zero-order chi connectivity index (χ0) is 32.3. The van der Waals surface area contributed by atoms with Gasteiger partial charge < -0.3 is 4.57 Å². The van der Waals surface area contributed by atoms with Crippen LogP contribution >= 0.6 is 0 Å². The van der Waals surface area contributed by atoms with Gasteiger partial charge in [0.1, 0.15) is 5.82 Å². The second-order valence-corrected chi connectivity index (χ2v) is 14.1. The van der Waals surface area contributed by atoms with E-state index in [1.807, 2.05) is 18.2 Å². The molecule has 3 nitrogen and oxygen atoms in total. The van der Waals surface area contributed by atoms with Crippen LogP contribution in [0.1, 0.15) is 87.2 Å². The zero-order valence-corrected chi connectivity index (χ0v) is 30.7. The van der Waals surface area contributed by atoms with Crippen molar-refractivity contribution in [3.63, 3.8) is 0 Å². The van der Waals surface area contributed by atoms with Crippen LogP contribution in [0.5, 0.6) is 0 Å². The molecule has 47 heavy (non-hydrogen) atoms. The molecule has 1 unspecified atom stereocenters. The van der Waals surface area contributed by atoms with E-state index in [2.05, 4.69) is 156 Å². The van der Waals surface area contributed by atoms with Gasteiger partial charge in [-0.3, -0.25) is 0 Å². The molecule has 5 aromatic carbocycles. The molecule has 239 valence electrons. The van der Waals surface area contributed by atoms with Gasteiger partial charge in [-0.2, -0.15) is 5.10 Å². The Balaban J connectivity index is 0.00000386. The van der Waals surface area contributed by atoms with Crippen LogP contribution in [0.15, 0.2) is 115 Å². The number of hydrogen-bond acceptors (Lipinski definition) is 2. The minimum atomic E-state index is -0.336. The molecule has 0 bridgehead atoms. The van der Waals surface area contributed by atoms with Crippen LogP contribution < -0.4 is 0 Å². The minimum absolute atomic E-state index is 0. The average Bonchev–Trinajstić information content (AvgIpc) is 3.64. The van der Waals surface area contributed by atoms with Crippen LogP contribution in [0, 0.1) is 13.0 Å². The summed E-state index contributed by atoms with van der Waals surface area (Å²) in [6.07, 6.45) is 0.947. The summed E-state index contributed by atoms with van der Waals surface area (Å²) in [5, 5.41) is 9.62. The monoisotopic (exact) mass is 793 g/mol. The Morgan fingerprint density at radius 3 is 2.06 bits per heavy atom. The van der Waals surface area contributed by atoms with Crippen LogP contribution in [-0.2, 0) is 36.4 Å². The third-order valence-electron chi connectivity index (χ3n) is 10.7. The second-order valence-electron chi connectivity index (χ2n) is 14.1. The van der Waals surface area contributed by atoms with Crippen molar-refractivity contribution in [1.29, 1.82) is 0 Å². The molecule has 0 N–H and O–H groups in total. The van der Waals surface area contributed by atoms with E-state index in [1.54, 1.807) is 0 Å². The van der Waals surface area contributed by atoms with Gasteiger partial charge >= 0.3 is 0 Å². The van der Waals surface area contributed by atoms with E-state index in [-0.39, 0.29) is 36.4 Å². The van der Waals surface area contributed by atoms with Gasteiger partial charge in [0.25, 0.3) is 0 Å². The van der Waals surface area contributed by atoms with Crippen molar-refractivity contribution in [3.05, 3.63) is 161 Å². The van der Waals surface area contributed by atoms with Crippen LogP contribution in [0.2, 0.25) is 0 Å². The number of hydrogen-bond donors (Lipinski definition) is 0. The first kappa shape index (κ1) is 32.8. The summed E-state index contributed by atoms with van der Waals surface area (Å²) in [6, 6.07) is 45.3. The quantitative estimate of drug-likeness (QED) is 0.151. The van der Waals surface area contributed by atoms with Crippen molar-refractivity contribution in [2.75, 3.05) is 0 Å². The Labute approximate surface area is 293 Å². The number of nitrogens with zero attached hydrogens (tertiary/aromatic N) is 3. The maximum Gasteiger partial charge on any atom is 0.134 e. The van der Waals surface area contributed by atoms with E-state index in [4.69, 9.17) is 10.2 Å². The Kier molecular flexibility index (Phi) is 8.49. The van der Waals surface area contributed by atoms with Crippen molar-refractivity contribution in [2.45, 2.75) is 71.1 Å². The van der Waals surface area contributed by atoms with Gasteiger partial charge in [0.15, 0.2) is 0 Å². The van der Waals surface area contributed by atoms with Crippen molar-refractivity contribution in [2.24, 2.45) is 0 Å². The van der Waals surface area contributed by atoms with Gasteiger partial charge in [-0.05, 0) is 76.9 Å². The van der Waals surface area contributed by atoms with Gasteiger partial charge in [-0.15, -0.1) is 41.0 Å². The summed E-state index contributed by atoms with van der Waals surface area (Å²) in [4.78, 5) is 0. The van der Waals surface area contributed by atoms with E-state index in [1.165, 1.54) is 44.5 Å². The molecule has 0 aliphatic heterocycles. The smallest absolute Gasteiger partial charge is 0.134 e. The first-order valence-corrected chi connectivity index (χ1v) is 16.4. The first-order valence-electron chi connectivity index (χ1n) is 16.4. The van der Waals surface area contributed by atoms with E-state index >= 15 is 0 Å². The van der Waals surface area contributed by atoms with Crippen molar-refractivity contribution < 1.29 is 20.1 Å². The molecule has 0 fully saturated rings. The van der Waals surface area contributed by atoms with Crippen LogP contribution in [0.4, 0.5) is 0 Å². The third kappa shape index (κ3) is 5.23. The Morgan fingerprint density at radius 1 is 0.723 bits per heavy atom. The molecule has 0 saturated carbocycles. The molecular formula is C43H42IrN3-. The molecule has 4 heteroatoms. The molecule has 0 saturated heterocycles. The SMILES string of the molecule is CCC(C)(C)c1nnc(-c2[c-]cccc2)n1-c1cc2c(cc1C)-c1ccccc1C2(C)c1ccc(C(C)(C)c2ccccc2)cc1.[Ir]. The maximum atomic E-state index is 4.83. The zero-order valence-electron chi connectivity index (χ0n) is 28.4. The predicted molar refractivity (Wildman–Crippen MR) is 190 cm³/mol. The van der Waals surface area contributed by atoms with Gasteiger partial charge in [0.05, 0.1) is 5.82 Å². The van der Waals surface area contributed by atoms with E-state index in [0.717, 1.165) is 29.3 Å². The van der Waals surface area contributed by atoms with Crippen LogP contribution in [0.3, 0.4) is 0 Å². The molecule has 6 aromatic rings. The van der Waals surface area contributed by atoms with Gasteiger partial charge in [-0.1, -0.05) is 113 Å². The molecule has 1 radical (unpaired) electrons. The standard InChI is InChI=1S/C43H42N3.Ir/c1-8-41(3,4)40-45-44-39(30-17-11-9-12-18-30)46(40)38-28-37-35(27-29(38)2)34-21-15-16-22-36(34)43(37,7)33-25-23-32(24-26-33)42(5,6)31-19-13-10-14-20-31;/h9-17,19-28H,8H2,1-7H3;/q-1;. The van der Waals surface area contributed by atoms with E-state index in [0.29, 0.717) is 0 Å². The second kappa shape index (κ2) is 12.2. The summed E-state index contributed by atoms with van der Waals surface area (Å²) < 4.78 is 2.29. The van der Waals surface area contributed by atoms with Crippen molar-refractivity contribution in [1.82, 2.24) is 14.8 Å². The summed E-state index contributed by atoms with van der Waals surface area (Å²) in [7, 11) is 0. The fourth-order valence-electron chi connectivity index (χ4n) is 7.24. The summed E-state index contributed by atoms with van der Waals surface area (Å²) in [6.45, 7) is 16.0. The van der Waals surface area contributed by atoms with E-state index < -0.39 is 0 Å². The van der Waals surface area contributed by atoms with Gasteiger partial charge in [0, 0.05) is 42.0 Å².